The molecule has 5 nitrogen and oxygen atoms in total. The number of hydrogen-bond donors (Lipinski definition) is 2. The van der Waals surface area contributed by atoms with Gasteiger partial charge in [-0.25, -0.2) is 0 Å². The van der Waals surface area contributed by atoms with E-state index < -0.39 is 5.91 Å². The zero-order valence-electron chi connectivity index (χ0n) is 15.1. The number of methoxy groups -OCH3 is 1. The van der Waals surface area contributed by atoms with Crippen LogP contribution in [0.1, 0.15) is 46.1 Å². The van der Waals surface area contributed by atoms with Crippen LogP contribution in [-0.2, 0) is 24.1 Å². The molecule has 2 amide bonds. The smallest absolute Gasteiger partial charge is 0.251 e. The van der Waals surface area contributed by atoms with Crippen molar-refractivity contribution in [1.82, 2.24) is 0 Å². The topological polar surface area (TPSA) is 81.4 Å². The fraction of sp³-hybridized carbons (Fsp3) is 0.400. The molecule has 0 saturated carbocycles. The summed E-state index contributed by atoms with van der Waals surface area (Å²) in [6.07, 6.45) is 3.83. The third-order valence-electron chi connectivity index (χ3n) is 4.81. The van der Waals surface area contributed by atoms with Gasteiger partial charge < -0.3 is 15.8 Å². The molecule has 1 unspecified atom stereocenters. The van der Waals surface area contributed by atoms with E-state index in [9.17, 15) is 9.59 Å². The average Bonchev–Trinajstić information content (AvgIpc) is 2.97. The van der Waals surface area contributed by atoms with Crippen molar-refractivity contribution in [3.63, 3.8) is 0 Å². The van der Waals surface area contributed by atoms with Crippen LogP contribution in [0.5, 0.6) is 5.75 Å². The van der Waals surface area contributed by atoms with Crippen molar-refractivity contribution in [3.8, 4) is 5.75 Å². The summed E-state index contributed by atoms with van der Waals surface area (Å²) in [5.74, 6) is 0.834. The molecule has 1 atom stereocenters. The van der Waals surface area contributed by atoms with Crippen molar-refractivity contribution in [3.05, 3.63) is 45.8 Å². The number of anilines is 1. The van der Waals surface area contributed by atoms with Crippen LogP contribution in [0.2, 0.25) is 0 Å². The first-order chi connectivity index (χ1) is 12.5. The lowest BCUT2D eigenvalue weighted by Crippen LogP contribution is -2.19. The third-order valence-corrected chi connectivity index (χ3v) is 5.98. The van der Waals surface area contributed by atoms with Gasteiger partial charge in [0, 0.05) is 11.3 Å². The van der Waals surface area contributed by atoms with E-state index in [1.807, 2.05) is 24.3 Å². The summed E-state index contributed by atoms with van der Waals surface area (Å²) < 4.78 is 5.14. The number of fused-ring (bicyclic) bond motifs is 1. The predicted octanol–water partition coefficient (Wildman–Crippen LogP) is 3.55. The minimum absolute atomic E-state index is 0.102. The molecular weight excluding hydrogens is 348 g/mol. The first-order valence-corrected chi connectivity index (χ1v) is 9.66. The van der Waals surface area contributed by atoms with Crippen LogP contribution >= 0.6 is 11.3 Å². The average molecular weight is 372 g/mol. The lowest BCUT2D eigenvalue weighted by atomic mass is 9.88. The van der Waals surface area contributed by atoms with Crippen LogP contribution in [0.3, 0.4) is 0 Å². The number of thiophene rings is 1. The van der Waals surface area contributed by atoms with Crippen LogP contribution in [0, 0.1) is 5.92 Å². The largest absolute Gasteiger partial charge is 0.497 e. The number of benzene rings is 1. The Morgan fingerprint density at radius 1 is 1.31 bits per heavy atom. The zero-order valence-corrected chi connectivity index (χ0v) is 15.9. The van der Waals surface area contributed by atoms with Crippen molar-refractivity contribution in [1.29, 1.82) is 0 Å². The highest BCUT2D eigenvalue weighted by Crippen LogP contribution is 2.39. The molecule has 0 fully saturated rings. The minimum atomic E-state index is -0.456. The van der Waals surface area contributed by atoms with Crippen molar-refractivity contribution in [2.75, 3.05) is 12.4 Å². The van der Waals surface area contributed by atoms with Gasteiger partial charge in [0.25, 0.3) is 5.91 Å². The van der Waals surface area contributed by atoms with Gasteiger partial charge in [-0.05, 0) is 54.9 Å². The number of aryl methyl sites for hydroxylation is 1. The van der Waals surface area contributed by atoms with E-state index in [-0.39, 0.29) is 5.91 Å². The number of nitrogens with two attached hydrogens (primary N) is 1. The predicted molar refractivity (Wildman–Crippen MR) is 104 cm³/mol. The van der Waals surface area contributed by atoms with Crippen molar-refractivity contribution >= 4 is 28.2 Å². The van der Waals surface area contributed by atoms with E-state index in [1.165, 1.54) is 16.2 Å². The minimum Gasteiger partial charge on any atom is -0.497 e. The molecule has 1 aromatic heterocycles. The molecule has 0 spiro atoms. The number of nitrogens with one attached hydrogen (secondary N) is 1. The molecule has 0 radical (unpaired) electrons. The maximum atomic E-state index is 12.4. The van der Waals surface area contributed by atoms with Crippen LogP contribution < -0.4 is 15.8 Å². The normalized spacial score (nSPS) is 16.0. The SMILES string of the molecule is COc1ccc(CCC(=O)Nc2sc3c(c2C(N)=O)CCC(C)C3)cc1. The molecule has 26 heavy (non-hydrogen) atoms. The highest BCUT2D eigenvalue weighted by atomic mass is 32.1. The second-order valence-corrected chi connectivity index (χ2v) is 7.92. The summed E-state index contributed by atoms with van der Waals surface area (Å²) in [4.78, 5) is 25.5. The summed E-state index contributed by atoms with van der Waals surface area (Å²) in [5.41, 5.74) is 8.20. The Morgan fingerprint density at radius 2 is 2.04 bits per heavy atom. The molecule has 1 aliphatic carbocycles. The van der Waals surface area contributed by atoms with Crippen LogP contribution in [0.25, 0.3) is 0 Å². The van der Waals surface area contributed by atoms with Gasteiger partial charge in [-0.1, -0.05) is 19.1 Å². The Balaban J connectivity index is 1.67. The lowest BCUT2D eigenvalue weighted by molar-refractivity contribution is -0.116. The Bertz CT molecular complexity index is 811. The van der Waals surface area contributed by atoms with Gasteiger partial charge in [-0.3, -0.25) is 9.59 Å². The van der Waals surface area contributed by atoms with Crippen LogP contribution in [0.4, 0.5) is 5.00 Å². The summed E-state index contributed by atoms with van der Waals surface area (Å²) in [6.45, 7) is 2.21. The summed E-state index contributed by atoms with van der Waals surface area (Å²) in [6, 6.07) is 7.66. The highest BCUT2D eigenvalue weighted by Gasteiger charge is 2.27. The summed E-state index contributed by atoms with van der Waals surface area (Å²) in [5, 5.41) is 3.52. The molecule has 6 heteroatoms. The van der Waals surface area contributed by atoms with E-state index in [4.69, 9.17) is 10.5 Å². The number of amides is 2. The monoisotopic (exact) mass is 372 g/mol. The number of carbonyl (C=O) groups excluding carboxylic acids is 2. The maximum absolute atomic E-state index is 12.4. The Labute approximate surface area is 157 Å². The molecule has 3 N–H and O–H groups in total. The maximum Gasteiger partial charge on any atom is 0.251 e. The number of carbonyl (C=O) groups is 2. The second-order valence-electron chi connectivity index (χ2n) is 6.82. The lowest BCUT2D eigenvalue weighted by Gasteiger charge is -2.18. The third kappa shape index (κ3) is 4.07. The van der Waals surface area contributed by atoms with Gasteiger partial charge in [0.1, 0.15) is 10.8 Å². The molecule has 138 valence electrons. The first kappa shape index (κ1) is 18.5. The van der Waals surface area contributed by atoms with E-state index >= 15 is 0 Å². The van der Waals surface area contributed by atoms with Gasteiger partial charge in [0.15, 0.2) is 0 Å². The highest BCUT2D eigenvalue weighted by molar-refractivity contribution is 7.17. The molecule has 0 saturated heterocycles. The number of primary amides is 1. The van der Waals surface area contributed by atoms with Crippen molar-refractivity contribution in [2.45, 2.75) is 39.0 Å². The van der Waals surface area contributed by atoms with E-state index in [0.29, 0.717) is 29.3 Å². The second kappa shape index (κ2) is 7.91. The Morgan fingerprint density at radius 3 is 2.69 bits per heavy atom. The Kier molecular flexibility index (Phi) is 5.61. The van der Waals surface area contributed by atoms with Crippen molar-refractivity contribution in [2.24, 2.45) is 11.7 Å². The molecular formula is C20H24N2O3S. The van der Waals surface area contributed by atoms with Gasteiger partial charge in [-0.15, -0.1) is 11.3 Å². The summed E-state index contributed by atoms with van der Waals surface area (Å²) >= 11 is 1.50. The number of rotatable bonds is 6. The molecule has 0 bridgehead atoms. The van der Waals surface area contributed by atoms with E-state index in [2.05, 4.69) is 12.2 Å². The van der Waals surface area contributed by atoms with Crippen LogP contribution in [-0.4, -0.2) is 18.9 Å². The molecule has 1 aliphatic rings. The standard InChI is InChI=1S/C20H24N2O3S/c1-12-3-9-15-16(11-12)26-20(18(15)19(21)24)22-17(23)10-6-13-4-7-14(25-2)8-5-13/h4-5,7-8,12H,3,6,9-11H2,1-2H3,(H2,21,24)(H,22,23). The summed E-state index contributed by atoms with van der Waals surface area (Å²) in [7, 11) is 1.63. The first-order valence-electron chi connectivity index (χ1n) is 8.85. The molecule has 1 aromatic carbocycles. The molecule has 2 aromatic rings. The quantitative estimate of drug-likeness (QED) is 0.813. The number of hydrogen-bond acceptors (Lipinski definition) is 4. The molecule has 0 aliphatic heterocycles. The van der Waals surface area contributed by atoms with Gasteiger partial charge >= 0.3 is 0 Å². The van der Waals surface area contributed by atoms with Gasteiger partial charge in [0.2, 0.25) is 5.91 Å². The van der Waals surface area contributed by atoms with E-state index in [0.717, 1.165) is 36.1 Å². The van der Waals surface area contributed by atoms with Gasteiger partial charge in [0.05, 0.1) is 12.7 Å². The molecule has 1 heterocycles. The fourth-order valence-corrected chi connectivity index (χ4v) is 4.77. The Hall–Kier alpha value is -2.34. The number of ether oxygens (including phenoxy) is 1. The van der Waals surface area contributed by atoms with E-state index in [1.54, 1.807) is 7.11 Å². The fourth-order valence-electron chi connectivity index (χ4n) is 3.34. The van der Waals surface area contributed by atoms with Crippen molar-refractivity contribution < 1.29 is 14.3 Å². The van der Waals surface area contributed by atoms with Gasteiger partial charge in [-0.2, -0.15) is 0 Å². The zero-order chi connectivity index (χ0) is 18.7. The van der Waals surface area contributed by atoms with Crippen LogP contribution in [0.15, 0.2) is 24.3 Å². The molecule has 3 rings (SSSR count).